The Labute approximate surface area is 254 Å². The molecule has 1 aliphatic heterocycles. The molecular formula is C32H58N2O8. The summed E-state index contributed by atoms with van der Waals surface area (Å²) in [6.07, 6.45) is 14.0. The fourth-order valence-corrected chi connectivity index (χ4v) is 4.75. The summed E-state index contributed by atoms with van der Waals surface area (Å²) in [5.74, 6) is -1.57. The Bertz CT molecular complexity index is 751. The van der Waals surface area contributed by atoms with E-state index in [1.54, 1.807) is 4.90 Å². The SMILES string of the molecule is CCCCCCCCOC(=O)CN(CC(=O)OCCCCCCCC)CC(=O)OCC1CCCN1C(=O)OC(C)(C)C. The zero-order valence-electron chi connectivity index (χ0n) is 27.1. The molecule has 1 aliphatic rings. The smallest absolute Gasteiger partial charge is 0.410 e. The van der Waals surface area contributed by atoms with Crippen molar-refractivity contribution in [2.75, 3.05) is 46.0 Å². The van der Waals surface area contributed by atoms with Crippen LogP contribution in [0.15, 0.2) is 0 Å². The second-order valence-electron chi connectivity index (χ2n) is 12.3. The number of ether oxygens (including phenoxy) is 4. The fraction of sp³-hybridized carbons (Fsp3) is 0.875. The molecule has 0 bridgehead atoms. The highest BCUT2D eigenvalue weighted by molar-refractivity contribution is 5.78. The largest absolute Gasteiger partial charge is 0.465 e. The van der Waals surface area contributed by atoms with Gasteiger partial charge in [0.05, 0.1) is 38.9 Å². The van der Waals surface area contributed by atoms with Crippen LogP contribution >= 0.6 is 0 Å². The molecule has 0 spiro atoms. The molecule has 0 N–H and O–H groups in total. The summed E-state index contributed by atoms with van der Waals surface area (Å²) in [4.78, 5) is 53.3. The average Bonchev–Trinajstić information content (AvgIpc) is 3.39. The van der Waals surface area contributed by atoms with Crippen LogP contribution < -0.4 is 0 Å². The number of likely N-dealkylation sites (tertiary alicyclic amines) is 1. The van der Waals surface area contributed by atoms with E-state index < -0.39 is 29.6 Å². The Morgan fingerprint density at radius 1 is 0.690 bits per heavy atom. The Balaban J connectivity index is 2.57. The Hall–Kier alpha value is -2.36. The van der Waals surface area contributed by atoms with Crippen molar-refractivity contribution in [1.82, 2.24) is 9.80 Å². The van der Waals surface area contributed by atoms with Crippen molar-refractivity contribution in [3.8, 4) is 0 Å². The van der Waals surface area contributed by atoms with Crippen LogP contribution in [0.1, 0.15) is 125 Å². The molecule has 1 heterocycles. The third kappa shape index (κ3) is 18.9. The van der Waals surface area contributed by atoms with Crippen LogP contribution in [-0.2, 0) is 33.3 Å². The third-order valence-electron chi connectivity index (χ3n) is 7.02. The van der Waals surface area contributed by atoms with Gasteiger partial charge in [-0.1, -0.05) is 78.1 Å². The molecule has 0 radical (unpaired) electrons. The van der Waals surface area contributed by atoms with Crippen LogP contribution in [0.2, 0.25) is 0 Å². The molecule has 10 heteroatoms. The second kappa shape index (κ2) is 22.2. The van der Waals surface area contributed by atoms with Crippen molar-refractivity contribution in [3.63, 3.8) is 0 Å². The summed E-state index contributed by atoms with van der Waals surface area (Å²) >= 11 is 0. The van der Waals surface area contributed by atoms with Gasteiger partial charge in [-0.3, -0.25) is 19.3 Å². The summed E-state index contributed by atoms with van der Waals surface area (Å²) in [6.45, 7) is 10.2. The molecule has 1 atom stereocenters. The highest BCUT2D eigenvalue weighted by Crippen LogP contribution is 2.21. The molecule has 0 aromatic rings. The zero-order chi connectivity index (χ0) is 31.2. The first-order valence-electron chi connectivity index (χ1n) is 16.2. The number of carbonyl (C=O) groups is 4. The van der Waals surface area contributed by atoms with Crippen LogP contribution in [0.4, 0.5) is 4.79 Å². The van der Waals surface area contributed by atoms with E-state index in [4.69, 9.17) is 18.9 Å². The predicted octanol–water partition coefficient (Wildman–Crippen LogP) is 6.04. The van der Waals surface area contributed by atoms with E-state index in [2.05, 4.69) is 13.8 Å². The van der Waals surface area contributed by atoms with Gasteiger partial charge in [-0.15, -0.1) is 0 Å². The molecule has 10 nitrogen and oxygen atoms in total. The van der Waals surface area contributed by atoms with Gasteiger partial charge in [-0.2, -0.15) is 0 Å². The molecular weight excluding hydrogens is 540 g/mol. The Morgan fingerprint density at radius 2 is 1.14 bits per heavy atom. The van der Waals surface area contributed by atoms with Crippen molar-refractivity contribution < 1.29 is 38.1 Å². The maximum atomic E-state index is 12.7. The number of carbonyl (C=O) groups excluding carboxylic acids is 4. The second-order valence-corrected chi connectivity index (χ2v) is 12.3. The number of amides is 1. The van der Waals surface area contributed by atoms with Gasteiger partial charge in [-0.25, -0.2) is 4.79 Å². The first-order valence-corrected chi connectivity index (χ1v) is 16.2. The number of rotatable bonds is 22. The maximum absolute atomic E-state index is 12.7. The first-order chi connectivity index (χ1) is 20.1. The molecule has 1 saturated heterocycles. The van der Waals surface area contributed by atoms with Gasteiger partial charge in [0.25, 0.3) is 0 Å². The topological polar surface area (TPSA) is 112 Å². The van der Waals surface area contributed by atoms with E-state index in [1.165, 1.54) is 43.4 Å². The van der Waals surface area contributed by atoms with Crippen LogP contribution in [0, 0.1) is 0 Å². The van der Waals surface area contributed by atoms with Crippen molar-refractivity contribution in [2.45, 2.75) is 136 Å². The molecule has 42 heavy (non-hydrogen) atoms. The number of hydrogen-bond acceptors (Lipinski definition) is 9. The lowest BCUT2D eigenvalue weighted by Crippen LogP contribution is -2.43. The minimum atomic E-state index is -0.616. The van der Waals surface area contributed by atoms with Crippen LogP contribution in [0.5, 0.6) is 0 Å². The van der Waals surface area contributed by atoms with E-state index in [9.17, 15) is 19.2 Å². The molecule has 0 aliphatic carbocycles. The van der Waals surface area contributed by atoms with E-state index in [0.717, 1.165) is 44.9 Å². The standard InChI is InChI=1S/C32H58N2O8/c1-6-8-10-12-14-16-21-39-28(35)23-33(24-29(36)40-22-17-15-13-11-9-7-2)25-30(37)41-26-27-19-18-20-34(27)31(38)42-32(3,4)5/h27H,6-26H2,1-5H3. The molecule has 0 aromatic carbocycles. The molecule has 1 rings (SSSR count). The quantitative estimate of drug-likeness (QED) is 0.0836. The van der Waals surface area contributed by atoms with Gasteiger partial charge in [-0.05, 0) is 46.5 Å². The van der Waals surface area contributed by atoms with Gasteiger partial charge in [0, 0.05) is 6.54 Å². The summed E-state index contributed by atoms with van der Waals surface area (Å²) in [5, 5.41) is 0. The minimum absolute atomic E-state index is 0.0247. The lowest BCUT2D eigenvalue weighted by atomic mass is 10.1. The van der Waals surface area contributed by atoms with Gasteiger partial charge in [0.1, 0.15) is 12.2 Å². The molecule has 0 saturated carbocycles. The highest BCUT2D eigenvalue weighted by Gasteiger charge is 2.33. The summed E-state index contributed by atoms with van der Waals surface area (Å²) in [5.41, 5.74) is -0.616. The van der Waals surface area contributed by atoms with Gasteiger partial charge < -0.3 is 23.8 Å². The summed E-state index contributed by atoms with van der Waals surface area (Å²) in [7, 11) is 0. The number of esters is 3. The minimum Gasteiger partial charge on any atom is -0.465 e. The molecule has 0 aromatic heterocycles. The van der Waals surface area contributed by atoms with E-state index >= 15 is 0 Å². The normalized spacial score (nSPS) is 15.1. The van der Waals surface area contributed by atoms with Crippen molar-refractivity contribution >= 4 is 24.0 Å². The van der Waals surface area contributed by atoms with Crippen molar-refractivity contribution in [2.24, 2.45) is 0 Å². The lowest BCUT2D eigenvalue weighted by Gasteiger charge is -2.28. The van der Waals surface area contributed by atoms with E-state index in [1.807, 2.05) is 20.8 Å². The lowest BCUT2D eigenvalue weighted by molar-refractivity contribution is -0.152. The fourth-order valence-electron chi connectivity index (χ4n) is 4.75. The number of unbranched alkanes of at least 4 members (excludes halogenated alkanes) is 10. The molecule has 1 unspecified atom stereocenters. The Morgan fingerprint density at radius 3 is 1.62 bits per heavy atom. The van der Waals surface area contributed by atoms with Gasteiger partial charge >= 0.3 is 24.0 Å². The summed E-state index contributed by atoms with van der Waals surface area (Å²) < 4.78 is 21.7. The molecule has 1 fully saturated rings. The monoisotopic (exact) mass is 598 g/mol. The van der Waals surface area contributed by atoms with Gasteiger partial charge in [0.2, 0.25) is 0 Å². The van der Waals surface area contributed by atoms with Crippen LogP contribution in [0.25, 0.3) is 0 Å². The molecule has 1 amide bonds. The van der Waals surface area contributed by atoms with E-state index in [0.29, 0.717) is 26.2 Å². The Kier molecular flexibility index (Phi) is 19.9. The van der Waals surface area contributed by atoms with E-state index in [-0.39, 0.29) is 32.3 Å². The highest BCUT2D eigenvalue weighted by atomic mass is 16.6. The third-order valence-corrected chi connectivity index (χ3v) is 7.02. The van der Waals surface area contributed by atoms with Gasteiger partial charge in [0.15, 0.2) is 0 Å². The summed E-state index contributed by atoms with van der Waals surface area (Å²) in [6, 6.07) is -0.276. The average molecular weight is 599 g/mol. The van der Waals surface area contributed by atoms with Crippen LogP contribution in [0.3, 0.4) is 0 Å². The zero-order valence-corrected chi connectivity index (χ0v) is 27.1. The number of hydrogen-bond donors (Lipinski definition) is 0. The van der Waals surface area contributed by atoms with Crippen molar-refractivity contribution in [1.29, 1.82) is 0 Å². The maximum Gasteiger partial charge on any atom is 0.410 e. The number of nitrogens with zero attached hydrogens (tertiary/aromatic N) is 2. The van der Waals surface area contributed by atoms with Crippen molar-refractivity contribution in [3.05, 3.63) is 0 Å². The first kappa shape index (κ1) is 37.7. The molecule has 244 valence electrons. The predicted molar refractivity (Wildman–Crippen MR) is 162 cm³/mol. The van der Waals surface area contributed by atoms with Crippen LogP contribution in [-0.4, -0.2) is 91.4 Å².